The second-order valence-electron chi connectivity index (χ2n) is 9.15. The van der Waals surface area contributed by atoms with E-state index in [0.717, 1.165) is 6.20 Å². The lowest BCUT2D eigenvalue weighted by atomic mass is 9.85. The van der Waals surface area contributed by atoms with Gasteiger partial charge in [0.15, 0.2) is 0 Å². The Labute approximate surface area is 201 Å². The number of aromatic nitrogens is 1. The first-order valence-electron chi connectivity index (χ1n) is 11.3. The molecule has 0 saturated carbocycles. The van der Waals surface area contributed by atoms with E-state index in [1.165, 1.54) is 35.2 Å². The molecule has 1 aromatic heterocycles. The van der Waals surface area contributed by atoms with Crippen molar-refractivity contribution in [2.75, 3.05) is 31.6 Å². The zero-order valence-electron chi connectivity index (χ0n) is 19.3. The van der Waals surface area contributed by atoms with Crippen molar-refractivity contribution in [3.8, 4) is 0 Å². The number of hydrogen-bond donors (Lipinski definition) is 3. The highest BCUT2D eigenvalue weighted by atomic mass is 19.1. The minimum atomic E-state index is -1.49. The highest BCUT2D eigenvalue weighted by Crippen LogP contribution is 2.31. The zero-order valence-corrected chi connectivity index (χ0v) is 19.3. The highest BCUT2D eigenvalue weighted by Gasteiger charge is 2.48. The number of nitrogens with one attached hydrogen (secondary N) is 2. The Kier molecular flexibility index (Phi) is 6.70. The normalized spacial score (nSPS) is 24.2. The molecule has 2 aromatic rings. The first-order chi connectivity index (χ1) is 16.6. The Morgan fingerprint density at radius 3 is 2.51 bits per heavy atom. The number of nitrogens with zero attached hydrogens (tertiary/aromatic N) is 3. The molecule has 4 rings (SSSR count). The Morgan fingerprint density at radius 2 is 1.89 bits per heavy atom. The summed E-state index contributed by atoms with van der Waals surface area (Å²) in [6.07, 6.45) is 2.12. The van der Waals surface area contributed by atoms with Crippen molar-refractivity contribution in [1.82, 2.24) is 20.5 Å². The van der Waals surface area contributed by atoms with Crippen molar-refractivity contribution in [1.29, 1.82) is 0 Å². The van der Waals surface area contributed by atoms with Crippen molar-refractivity contribution in [2.24, 2.45) is 0 Å². The Bertz CT molecular complexity index is 1110. The van der Waals surface area contributed by atoms with Crippen LogP contribution in [-0.4, -0.2) is 65.1 Å². The number of aliphatic hydroxyl groups is 1. The number of benzene rings is 1. The number of imide groups is 1. The van der Waals surface area contributed by atoms with E-state index in [1.807, 2.05) is 4.90 Å². The van der Waals surface area contributed by atoms with E-state index in [0.29, 0.717) is 30.8 Å². The number of anilines is 1. The summed E-state index contributed by atoms with van der Waals surface area (Å²) in [5.41, 5.74) is -2.33. The van der Waals surface area contributed by atoms with Gasteiger partial charge in [-0.2, -0.15) is 0 Å². The van der Waals surface area contributed by atoms with Gasteiger partial charge in [0, 0.05) is 26.6 Å². The molecule has 2 aliphatic rings. The summed E-state index contributed by atoms with van der Waals surface area (Å²) >= 11 is 0. The maximum atomic E-state index is 13.4. The van der Waals surface area contributed by atoms with Gasteiger partial charge in [-0.05, 0) is 49.1 Å². The minimum Gasteiger partial charge on any atom is -0.386 e. The molecule has 0 spiro atoms. The third-order valence-electron chi connectivity index (χ3n) is 6.54. The standard InChI is InChI=1S/C24H27F2N5O4/c1-30(14-23(35)10-2-12-31(15-23)19-8-7-18(26)13-27-19)20(32)9-11-24(21(33)28-22(34)29-24)16-3-5-17(25)6-4-16/h3-8,13,35H,2,9-12,14-15H2,1H3,(H2,28,29,33,34). The van der Waals surface area contributed by atoms with Crippen LogP contribution in [0.3, 0.4) is 0 Å². The molecule has 0 bridgehead atoms. The second-order valence-corrected chi connectivity index (χ2v) is 9.15. The topological polar surface area (TPSA) is 115 Å². The lowest BCUT2D eigenvalue weighted by Gasteiger charge is -2.41. The number of rotatable bonds is 7. The first-order valence-corrected chi connectivity index (χ1v) is 11.3. The molecule has 186 valence electrons. The van der Waals surface area contributed by atoms with Crippen molar-refractivity contribution in [2.45, 2.75) is 36.8 Å². The molecule has 2 fully saturated rings. The van der Waals surface area contributed by atoms with Crippen LogP contribution in [0, 0.1) is 11.6 Å². The number of piperidine rings is 1. The van der Waals surface area contributed by atoms with Crippen LogP contribution in [0.25, 0.3) is 0 Å². The van der Waals surface area contributed by atoms with Crippen LogP contribution in [0.15, 0.2) is 42.6 Å². The monoisotopic (exact) mass is 487 g/mol. The van der Waals surface area contributed by atoms with Gasteiger partial charge in [-0.3, -0.25) is 14.9 Å². The van der Waals surface area contributed by atoms with Gasteiger partial charge < -0.3 is 20.2 Å². The summed E-state index contributed by atoms with van der Waals surface area (Å²) in [5, 5.41) is 16.0. The molecule has 3 heterocycles. The predicted octanol–water partition coefficient (Wildman–Crippen LogP) is 1.66. The number of pyridine rings is 1. The Hall–Kier alpha value is -3.60. The number of hydrogen-bond acceptors (Lipinski definition) is 6. The molecule has 35 heavy (non-hydrogen) atoms. The van der Waals surface area contributed by atoms with Gasteiger partial charge in [0.1, 0.15) is 23.0 Å². The number of halogens is 2. The van der Waals surface area contributed by atoms with Crippen LogP contribution in [0.4, 0.5) is 19.4 Å². The number of likely N-dealkylation sites (N-methyl/N-ethyl adjacent to an activating group) is 1. The summed E-state index contributed by atoms with van der Waals surface area (Å²) in [6.45, 7) is 0.917. The van der Waals surface area contributed by atoms with Gasteiger partial charge >= 0.3 is 6.03 Å². The van der Waals surface area contributed by atoms with Gasteiger partial charge in [0.25, 0.3) is 5.91 Å². The predicted molar refractivity (Wildman–Crippen MR) is 122 cm³/mol. The minimum absolute atomic E-state index is 0.0383. The molecule has 0 radical (unpaired) electrons. The van der Waals surface area contributed by atoms with Crippen LogP contribution in [-0.2, 0) is 15.1 Å². The van der Waals surface area contributed by atoms with Gasteiger partial charge in [-0.1, -0.05) is 12.1 Å². The molecule has 1 aromatic carbocycles. The molecule has 2 unspecified atom stereocenters. The van der Waals surface area contributed by atoms with E-state index in [-0.39, 0.29) is 31.8 Å². The molecule has 3 N–H and O–H groups in total. The van der Waals surface area contributed by atoms with Gasteiger partial charge in [0.2, 0.25) is 5.91 Å². The Morgan fingerprint density at radius 1 is 1.17 bits per heavy atom. The van der Waals surface area contributed by atoms with E-state index in [2.05, 4.69) is 15.6 Å². The van der Waals surface area contributed by atoms with Crippen molar-refractivity contribution in [3.05, 3.63) is 59.8 Å². The van der Waals surface area contributed by atoms with Crippen LogP contribution in [0.5, 0.6) is 0 Å². The number of carbonyl (C=O) groups excluding carboxylic acids is 3. The molecule has 4 amide bonds. The largest absolute Gasteiger partial charge is 0.386 e. The smallest absolute Gasteiger partial charge is 0.322 e. The summed E-state index contributed by atoms with van der Waals surface area (Å²) in [7, 11) is 1.56. The molecule has 11 heteroatoms. The maximum absolute atomic E-state index is 13.4. The molecule has 2 atom stereocenters. The summed E-state index contributed by atoms with van der Waals surface area (Å²) in [5.74, 6) is -1.33. The fourth-order valence-corrected chi connectivity index (χ4v) is 4.76. The number of β-amino-alcohol motifs (C(OH)–C–C–N with tert-alkyl or cyclic N) is 1. The first kappa shape index (κ1) is 24.5. The second kappa shape index (κ2) is 9.57. The van der Waals surface area contributed by atoms with Crippen LogP contribution in [0.1, 0.15) is 31.2 Å². The van der Waals surface area contributed by atoms with Crippen molar-refractivity contribution in [3.63, 3.8) is 0 Å². The van der Waals surface area contributed by atoms with E-state index in [9.17, 15) is 28.3 Å². The maximum Gasteiger partial charge on any atom is 0.322 e. The van der Waals surface area contributed by atoms with E-state index < -0.39 is 34.7 Å². The third kappa shape index (κ3) is 5.24. The van der Waals surface area contributed by atoms with Gasteiger partial charge in [-0.15, -0.1) is 0 Å². The lowest BCUT2D eigenvalue weighted by Crippen LogP contribution is -2.55. The molecular formula is C24H27F2N5O4. The quantitative estimate of drug-likeness (QED) is 0.512. The van der Waals surface area contributed by atoms with Crippen LogP contribution in [0.2, 0.25) is 0 Å². The number of carbonyl (C=O) groups is 3. The summed E-state index contributed by atoms with van der Waals surface area (Å²) < 4.78 is 26.6. The SMILES string of the molecule is CN(CC1(O)CCCN(c2ccc(F)cn2)C1)C(=O)CCC1(c2ccc(F)cc2)NC(=O)NC1=O. The highest BCUT2D eigenvalue weighted by molar-refractivity contribution is 6.07. The van der Waals surface area contributed by atoms with E-state index >= 15 is 0 Å². The summed E-state index contributed by atoms with van der Waals surface area (Å²) in [4.78, 5) is 44.8. The van der Waals surface area contributed by atoms with E-state index in [1.54, 1.807) is 13.1 Å². The average molecular weight is 488 g/mol. The molecule has 2 aliphatic heterocycles. The molecule has 0 aliphatic carbocycles. The molecular weight excluding hydrogens is 460 g/mol. The van der Waals surface area contributed by atoms with E-state index in [4.69, 9.17) is 0 Å². The number of amides is 4. The van der Waals surface area contributed by atoms with Crippen molar-refractivity contribution >= 4 is 23.7 Å². The van der Waals surface area contributed by atoms with Gasteiger partial charge in [0.05, 0.1) is 18.3 Å². The molecule has 9 nitrogen and oxygen atoms in total. The number of urea groups is 1. The fraction of sp³-hybridized carbons (Fsp3) is 0.417. The molecule has 2 saturated heterocycles. The lowest BCUT2D eigenvalue weighted by molar-refractivity contribution is -0.134. The van der Waals surface area contributed by atoms with Crippen LogP contribution < -0.4 is 15.5 Å². The van der Waals surface area contributed by atoms with Crippen LogP contribution >= 0.6 is 0 Å². The average Bonchev–Trinajstić information content (AvgIpc) is 3.11. The van der Waals surface area contributed by atoms with Gasteiger partial charge in [-0.25, -0.2) is 18.6 Å². The zero-order chi connectivity index (χ0) is 25.2. The van der Waals surface area contributed by atoms with Crippen molar-refractivity contribution < 1.29 is 28.3 Å². The third-order valence-corrected chi connectivity index (χ3v) is 6.54. The summed E-state index contributed by atoms with van der Waals surface area (Å²) in [6, 6.07) is 7.33. The fourth-order valence-electron chi connectivity index (χ4n) is 4.76. The Balaban J connectivity index is 1.41.